The summed E-state index contributed by atoms with van der Waals surface area (Å²) in [4.78, 5) is 36.3. The Morgan fingerprint density at radius 2 is 2.16 bits per heavy atom. The van der Waals surface area contributed by atoms with Crippen LogP contribution in [0.1, 0.15) is 22.5 Å². The summed E-state index contributed by atoms with van der Waals surface area (Å²) in [6.07, 6.45) is 3.50. The fourth-order valence-electron chi connectivity index (χ4n) is 2.03. The Hall–Kier alpha value is -1.95. The van der Waals surface area contributed by atoms with Crippen molar-refractivity contribution in [1.82, 2.24) is 4.90 Å². The highest BCUT2D eigenvalue weighted by molar-refractivity contribution is 7.12. The molecular formula is C13H13NO4S. The van der Waals surface area contributed by atoms with E-state index in [0.29, 0.717) is 24.3 Å². The van der Waals surface area contributed by atoms with Crippen molar-refractivity contribution in [3.63, 3.8) is 0 Å². The van der Waals surface area contributed by atoms with Gasteiger partial charge in [0.1, 0.15) is 6.04 Å². The van der Waals surface area contributed by atoms with Crippen molar-refractivity contribution in [2.75, 3.05) is 6.54 Å². The van der Waals surface area contributed by atoms with Gasteiger partial charge >= 0.3 is 5.97 Å². The van der Waals surface area contributed by atoms with E-state index in [0.717, 1.165) is 6.08 Å². The zero-order valence-corrected chi connectivity index (χ0v) is 10.9. The minimum Gasteiger partial charge on any atom is -0.480 e. The molecule has 1 N–H and O–H groups in total. The first kappa shape index (κ1) is 13.5. The molecule has 0 spiro atoms. The first-order valence-electron chi connectivity index (χ1n) is 5.89. The second kappa shape index (κ2) is 5.79. The van der Waals surface area contributed by atoms with Gasteiger partial charge in [0.05, 0.1) is 4.88 Å². The smallest absolute Gasteiger partial charge is 0.326 e. The van der Waals surface area contributed by atoms with E-state index >= 15 is 0 Å². The summed E-state index contributed by atoms with van der Waals surface area (Å²) in [5.74, 6) is -1.66. The van der Waals surface area contributed by atoms with Gasteiger partial charge in [-0.15, -0.1) is 11.3 Å². The van der Waals surface area contributed by atoms with Gasteiger partial charge in [0.15, 0.2) is 5.78 Å². The lowest BCUT2D eigenvalue weighted by atomic mass is 10.2. The van der Waals surface area contributed by atoms with Gasteiger partial charge in [0.2, 0.25) is 5.91 Å². The zero-order valence-electron chi connectivity index (χ0n) is 10.1. The Balaban J connectivity index is 2.01. The average Bonchev–Trinajstić information content (AvgIpc) is 3.04. The highest BCUT2D eigenvalue weighted by Crippen LogP contribution is 2.18. The van der Waals surface area contributed by atoms with Crippen molar-refractivity contribution < 1.29 is 19.5 Å². The van der Waals surface area contributed by atoms with Gasteiger partial charge in [0, 0.05) is 12.6 Å². The molecule has 1 fully saturated rings. The molecule has 1 aromatic rings. The van der Waals surface area contributed by atoms with E-state index in [1.165, 1.54) is 22.3 Å². The lowest BCUT2D eigenvalue weighted by Crippen LogP contribution is -2.39. The maximum atomic E-state index is 11.9. The number of hydrogen-bond donors (Lipinski definition) is 1. The quantitative estimate of drug-likeness (QED) is 0.670. The lowest BCUT2D eigenvalue weighted by molar-refractivity contribution is -0.146. The third-order valence-electron chi connectivity index (χ3n) is 2.96. The number of carboxylic acid groups (broad SMARTS) is 1. The van der Waals surface area contributed by atoms with Crippen LogP contribution in [0.2, 0.25) is 0 Å². The van der Waals surface area contributed by atoms with Crippen LogP contribution in [0.3, 0.4) is 0 Å². The van der Waals surface area contributed by atoms with Crippen LogP contribution in [0.4, 0.5) is 0 Å². The van der Waals surface area contributed by atoms with Gasteiger partial charge in [-0.1, -0.05) is 6.07 Å². The number of likely N-dealkylation sites (tertiary alicyclic amines) is 1. The predicted octanol–water partition coefficient (Wildman–Crippen LogP) is 1.56. The molecule has 1 atom stereocenters. The van der Waals surface area contributed by atoms with Crippen molar-refractivity contribution in [3.05, 3.63) is 34.5 Å². The van der Waals surface area contributed by atoms with E-state index in [1.54, 1.807) is 17.5 Å². The second-order valence-corrected chi connectivity index (χ2v) is 5.15. The van der Waals surface area contributed by atoms with Crippen LogP contribution < -0.4 is 0 Å². The zero-order chi connectivity index (χ0) is 13.8. The molecule has 0 saturated carbocycles. The number of allylic oxidation sites excluding steroid dienone is 1. The van der Waals surface area contributed by atoms with Crippen LogP contribution in [0, 0.1) is 0 Å². The highest BCUT2D eigenvalue weighted by atomic mass is 32.1. The fourth-order valence-corrected chi connectivity index (χ4v) is 2.68. The van der Waals surface area contributed by atoms with Gasteiger partial charge < -0.3 is 10.0 Å². The molecule has 0 aromatic carbocycles. The maximum Gasteiger partial charge on any atom is 0.326 e. The fraction of sp³-hybridized carbons (Fsp3) is 0.308. The Labute approximate surface area is 114 Å². The Morgan fingerprint density at radius 1 is 1.37 bits per heavy atom. The summed E-state index contributed by atoms with van der Waals surface area (Å²) in [5, 5.41) is 10.8. The SMILES string of the molecule is O=C(/C=C/C(=O)N1CCC[C@H]1C(=O)O)c1cccs1. The lowest BCUT2D eigenvalue weighted by Gasteiger charge is -2.19. The number of amides is 1. The van der Waals surface area contributed by atoms with Gasteiger partial charge in [-0.05, 0) is 30.4 Å². The van der Waals surface area contributed by atoms with E-state index in [9.17, 15) is 14.4 Å². The number of hydrogen-bond acceptors (Lipinski definition) is 4. The third kappa shape index (κ3) is 3.08. The largest absolute Gasteiger partial charge is 0.480 e. The summed E-state index contributed by atoms with van der Waals surface area (Å²) in [6, 6.07) is 2.67. The normalized spacial score (nSPS) is 18.9. The number of ketones is 1. The molecule has 0 unspecified atom stereocenters. The Bertz CT molecular complexity index is 521. The number of carbonyl (C=O) groups is 3. The van der Waals surface area contributed by atoms with Crippen molar-refractivity contribution in [2.45, 2.75) is 18.9 Å². The van der Waals surface area contributed by atoms with Crippen LogP contribution in [0.5, 0.6) is 0 Å². The van der Waals surface area contributed by atoms with Crippen molar-refractivity contribution in [2.24, 2.45) is 0 Å². The van der Waals surface area contributed by atoms with E-state index in [2.05, 4.69) is 0 Å². The third-order valence-corrected chi connectivity index (χ3v) is 3.85. The summed E-state index contributed by atoms with van der Waals surface area (Å²) in [5.41, 5.74) is 0. The minimum atomic E-state index is -0.996. The summed E-state index contributed by atoms with van der Waals surface area (Å²) in [7, 11) is 0. The Kier molecular flexibility index (Phi) is 4.11. The molecule has 0 aliphatic carbocycles. The van der Waals surface area contributed by atoms with Crippen LogP contribution in [0.15, 0.2) is 29.7 Å². The molecule has 6 heteroatoms. The van der Waals surface area contributed by atoms with Gasteiger partial charge in [-0.2, -0.15) is 0 Å². The van der Waals surface area contributed by atoms with E-state index in [4.69, 9.17) is 5.11 Å². The summed E-state index contributed by atoms with van der Waals surface area (Å²) < 4.78 is 0. The first-order chi connectivity index (χ1) is 9.09. The molecule has 1 saturated heterocycles. The topological polar surface area (TPSA) is 74.7 Å². The average molecular weight is 279 g/mol. The molecule has 1 aliphatic rings. The number of carbonyl (C=O) groups excluding carboxylic acids is 2. The van der Waals surface area contributed by atoms with E-state index in [1.807, 2.05) is 0 Å². The molecule has 19 heavy (non-hydrogen) atoms. The molecular weight excluding hydrogens is 266 g/mol. The summed E-state index contributed by atoms with van der Waals surface area (Å²) >= 11 is 1.30. The number of nitrogens with zero attached hydrogens (tertiary/aromatic N) is 1. The Morgan fingerprint density at radius 3 is 2.79 bits per heavy atom. The number of thiophene rings is 1. The van der Waals surface area contributed by atoms with Crippen LogP contribution in [0.25, 0.3) is 0 Å². The molecule has 0 bridgehead atoms. The molecule has 1 aliphatic heterocycles. The van der Waals surface area contributed by atoms with Crippen molar-refractivity contribution >= 4 is 29.0 Å². The molecule has 2 rings (SSSR count). The van der Waals surface area contributed by atoms with Crippen molar-refractivity contribution in [3.8, 4) is 0 Å². The monoisotopic (exact) mass is 279 g/mol. The molecule has 1 aromatic heterocycles. The van der Waals surface area contributed by atoms with Gasteiger partial charge in [-0.25, -0.2) is 4.79 Å². The van der Waals surface area contributed by atoms with Crippen LogP contribution in [-0.2, 0) is 9.59 Å². The molecule has 0 radical (unpaired) electrons. The molecule has 1 amide bonds. The minimum absolute atomic E-state index is 0.241. The standard InChI is InChI=1S/C13H13NO4S/c15-10(11-4-2-8-19-11)5-6-12(16)14-7-1-3-9(14)13(17)18/h2,4-6,8-9H,1,3,7H2,(H,17,18)/b6-5+/t9-/m0/s1. The van der Waals surface area contributed by atoms with Crippen LogP contribution in [-0.4, -0.2) is 40.3 Å². The van der Waals surface area contributed by atoms with E-state index < -0.39 is 17.9 Å². The molecule has 5 nitrogen and oxygen atoms in total. The maximum absolute atomic E-state index is 11.9. The molecule has 2 heterocycles. The predicted molar refractivity (Wildman–Crippen MR) is 70.2 cm³/mol. The second-order valence-electron chi connectivity index (χ2n) is 4.20. The van der Waals surface area contributed by atoms with Crippen molar-refractivity contribution in [1.29, 1.82) is 0 Å². The first-order valence-corrected chi connectivity index (χ1v) is 6.77. The van der Waals surface area contributed by atoms with Gasteiger partial charge in [-0.3, -0.25) is 9.59 Å². The van der Waals surface area contributed by atoms with E-state index in [-0.39, 0.29) is 5.78 Å². The summed E-state index contributed by atoms with van der Waals surface area (Å²) in [6.45, 7) is 0.424. The van der Waals surface area contributed by atoms with Crippen LogP contribution >= 0.6 is 11.3 Å². The number of aliphatic carboxylic acids is 1. The number of carboxylic acids is 1. The highest BCUT2D eigenvalue weighted by Gasteiger charge is 2.32. The number of rotatable bonds is 4. The molecule has 100 valence electrons. The van der Waals surface area contributed by atoms with Gasteiger partial charge in [0.25, 0.3) is 0 Å².